The van der Waals surface area contributed by atoms with E-state index in [1.165, 1.54) is 0 Å². The highest BCUT2D eigenvalue weighted by Crippen LogP contribution is 2.39. The fourth-order valence-electron chi connectivity index (χ4n) is 1.79. The topological polar surface area (TPSA) is 107 Å². The Hall–Kier alpha value is -1.79. The van der Waals surface area contributed by atoms with Crippen molar-refractivity contribution in [1.29, 1.82) is 0 Å². The van der Waals surface area contributed by atoms with Crippen LogP contribution in [-0.4, -0.2) is 51.7 Å². The zero-order valence-electron chi connectivity index (χ0n) is 10.5. The predicted octanol–water partition coefficient (Wildman–Crippen LogP) is 0.356. The van der Waals surface area contributed by atoms with Crippen molar-refractivity contribution >= 4 is 18.0 Å². The number of carboxylic acid groups (broad SMARTS) is 2. The quantitative estimate of drug-likeness (QED) is 0.637. The van der Waals surface area contributed by atoms with Crippen LogP contribution in [0.25, 0.3) is 0 Å². The standard InChI is InChI=1S/C11H18N2O5/c1-11(2,7-3-4-7)12-10(18)13(5-8(14)15)6-9(16)17/h7H,3-6H2,1-2H3,(H,12,18)(H,14,15)(H,16,17). The van der Waals surface area contributed by atoms with E-state index in [2.05, 4.69) is 5.32 Å². The lowest BCUT2D eigenvalue weighted by Gasteiger charge is -2.29. The summed E-state index contributed by atoms with van der Waals surface area (Å²) in [6.45, 7) is 2.45. The molecule has 7 nitrogen and oxygen atoms in total. The fourth-order valence-corrected chi connectivity index (χ4v) is 1.79. The molecule has 1 saturated carbocycles. The van der Waals surface area contributed by atoms with E-state index < -0.39 is 36.6 Å². The van der Waals surface area contributed by atoms with Crippen LogP contribution in [0.2, 0.25) is 0 Å². The number of amides is 2. The van der Waals surface area contributed by atoms with E-state index in [0.717, 1.165) is 17.7 Å². The minimum Gasteiger partial charge on any atom is -0.480 e. The average Bonchev–Trinajstić information content (AvgIpc) is 2.96. The lowest BCUT2D eigenvalue weighted by atomic mass is 9.99. The van der Waals surface area contributed by atoms with Gasteiger partial charge in [-0.25, -0.2) is 4.79 Å². The lowest BCUT2D eigenvalue weighted by molar-refractivity contribution is -0.140. The van der Waals surface area contributed by atoms with Crippen LogP contribution in [-0.2, 0) is 9.59 Å². The van der Waals surface area contributed by atoms with Crippen LogP contribution >= 0.6 is 0 Å². The Morgan fingerprint density at radius 1 is 1.17 bits per heavy atom. The molecule has 0 heterocycles. The molecule has 0 spiro atoms. The Morgan fingerprint density at radius 2 is 1.61 bits per heavy atom. The number of hydrogen-bond acceptors (Lipinski definition) is 3. The summed E-state index contributed by atoms with van der Waals surface area (Å²) in [5.41, 5.74) is -0.438. The Bertz CT molecular complexity index is 346. The number of carbonyl (C=O) groups excluding carboxylic acids is 1. The molecule has 0 aromatic rings. The normalized spacial score (nSPS) is 15.0. The van der Waals surface area contributed by atoms with Gasteiger partial charge in [0.1, 0.15) is 13.1 Å². The summed E-state index contributed by atoms with van der Waals surface area (Å²) in [5, 5.41) is 20.0. The predicted molar refractivity (Wildman–Crippen MR) is 62.2 cm³/mol. The molecule has 18 heavy (non-hydrogen) atoms. The average molecular weight is 258 g/mol. The van der Waals surface area contributed by atoms with Crippen molar-refractivity contribution in [2.75, 3.05) is 13.1 Å². The third-order valence-corrected chi connectivity index (χ3v) is 2.97. The molecule has 0 bridgehead atoms. The summed E-state index contributed by atoms with van der Waals surface area (Å²) in [5.74, 6) is -2.11. The van der Waals surface area contributed by atoms with Gasteiger partial charge in [0, 0.05) is 5.54 Å². The molecular formula is C11H18N2O5. The van der Waals surface area contributed by atoms with E-state index in [0.29, 0.717) is 5.92 Å². The van der Waals surface area contributed by atoms with Crippen LogP contribution in [0.3, 0.4) is 0 Å². The molecule has 1 aliphatic carbocycles. The van der Waals surface area contributed by atoms with Crippen molar-refractivity contribution in [3.63, 3.8) is 0 Å². The number of rotatable bonds is 6. The summed E-state index contributed by atoms with van der Waals surface area (Å²) in [6.07, 6.45) is 2.04. The summed E-state index contributed by atoms with van der Waals surface area (Å²) in [4.78, 5) is 33.8. The Balaban J connectivity index is 2.62. The summed E-state index contributed by atoms with van der Waals surface area (Å²) in [7, 11) is 0. The largest absolute Gasteiger partial charge is 0.480 e. The summed E-state index contributed by atoms with van der Waals surface area (Å²) >= 11 is 0. The van der Waals surface area contributed by atoms with Gasteiger partial charge < -0.3 is 20.4 Å². The van der Waals surface area contributed by atoms with Gasteiger partial charge in [-0.15, -0.1) is 0 Å². The van der Waals surface area contributed by atoms with Gasteiger partial charge in [0.15, 0.2) is 0 Å². The summed E-state index contributed by atoms with van der Waals surface area (Å²) < 4.78 is 0. The Morgan fingerprint density at radius 3 is 1.94 bits per heavy atom. The van der Waals surface area contributed by atoms with E-state index in [9.17, 15) is 14.4 Å². The molecule has 0 atom stereocenters. The van der Waals surface area contributed by atoms with Crippen LogP contribution in [0.1, 0.15) is 26.7 Å². The van der Waals surface area contributed by atoms with Crippen molar-refractivity contribution in [2.24, 2.45) is 5.92 Å². The van der Waals surface area contributed by atoms with Gasteiger partial charge in [-0.1, -0.05) is 0 Å². The lowest BCUT2D eigenvalue weighted by Crippen LogP contribution is -2.53. The molecule has 2 amide bonds. The number of nitrogens with zero attached hydrogens (tertiary/aromatic N) is 1. The van der Waals surface area contributed by atoms with Crippen molar-refractivity contribution in [2.45, 2.75) is 32.2 Å². The van der Waals surface area contributed by atoms with Crippen LogP contribution in [0.15, 0.2) is 0 Å². The Kier molecular flexibility index (Phi) is 4.15. The van der Waals surface area contributed by atoms with Crippen molar-refractivity contribution in [1.82, 2.24) is 10.2 Å². The zero-order chi connectivity index (χ0) is 13.9. The highest BCUT2D eigenvalue weighted by Gasteiger charge is 2.39. The molecular weight excluding hydrogens is 240 g/mol. The number of urea groups is 1. The first-order valence-corrected chi connectivity index (χ1v) is 5.73. The minimum absolute atomic E-state index is 0.373. The zero-order valence-corrected chi connectivity index (χ0v) is 10.5. The summed E-state index contributed by atoms with van der Waals surface area (Å²) in [6, 6.07) is -0.656. The van der Waals surface area contributed by atoms with E-state index in [4.69, 9.17) is 10.2 Å². The highest BCUT2D eigenvalue weighted by molar-refractivity contribution is 5.84. The first-order chi connectivity index (χ1) is 8.22. The number of hydrogen-bond donors (Lipinski definition) is 3. The molecule has 1 aliphatic rings. The van der Waals surface area contributed by atoms with Gasteiger partial charge in [-0.05, 0) is 32.6 Å². The van der Waals surface area contributed by atoms with Gasteiger partial charge in [-0.2, -0.15) is 0 Å². The monoisotopic (exact) mass is 258 g/mol. The molecule has 1 fully saturated rings. The molecule has 0 aromatic heterocycles. The Labute approximate surface area is 105 Å². The molecule has 0 radical (unpaired) electrons. The second-order valence-corrected chi connectivity index (χ2v) is 5.07. The molecule has 0 unspecified atom stereocenters. The first kappa shape index (κ1) is 14.3. The number of nitrogens with one attached hydrogen (secondary N) is 1. The van der Waals surface area contributed by atoms with Crippen molar-refractivity contribution < 1.29 is 24.6 Å². The fraction of sp³-hybridized carbons (Fsp3) is 0.727. The van der Waals surface area contributed by atoms with Crippen LogP contribution in [0.5, 0.6) is 0 Å². The maximum Gasteiger partial charge on any atom is 0.323 e. The molecule has 0 aromatic carbocycles. The van der Waals surface area contributed by atoms with Crippen molar-refractivity contribution in [3.8, 4) is 0 Å². The molecule has 1 rings (SSSR count). The maximum atomic E-state index is 11.9. The van der Waals surface area contributed by atoms with Crippen LogP contribution in [0.4, 0.5) is 4.79 Å². The van der Waals surface area contributed by atoms with E-state index in [1.54, 1.807) is 0 Å². The van der Waals surface area contributed by atoms with Gasteiger partial charge >= 0.3 is 18.0 Å². The number of carbonyl (C=O) groups is 3. The van der Waals surface area contributed by atoms with Crippen LogP contribution < -0.4 is 5.32 Å². The van der Waals surface area contributed by atoms with Gasteiger partial charge in [-0.3, -0.25) is 9.59 Å². The molecule has 102 valence electrons. The SMILES string of the molecule is CC(C)(NC(=O)N(CC(=O)O)CC(=O)O)C1CC1. The molecule has 7 heteroatoms. The number of carboxylic acids is 2. The molecule has 3 N–H and O–H groups in total. The van der Waals surface area contributed by atoms with E-state index >= 15 is 0 Å². The van der Waals surface area contributed by atoms with E-state index in [-0.39, 0.29) is 0 Å². The minimum atomic E-state index is -1.24. The maximum absolute atomic E-state index is 11.9. The van der Waals surface area contributed by atoms with Gasteiger partial charge in [0.2, 0.25) is 0 Å². The molecule has 0 saturated heterocycles. The third kappa shape index (κ3) is 4.23. The second-order valence-electron chi connectivity index (χ2n) is 5.07. The van der Waals surface area contributed by atoms with Crippen molar-refractivity contribution in [3.05, 3.63) is 0 Å². The van der Waals surface area contributed by atoms with Crippen LogP contribution in [0, 0.1) is 5.92 Å². The number of aliphatic carboxylic acids is 2. The molecule has 0 aliphatic heterocycles. The third-order valence-electron chi connectivity index (χ3n) is 2.97. The van der Waals surface area contributed by atoms with Gasteiger partial charge in [0.05, 0.1) is 0 Å². The van der Waals surface area contributed by atoms with E-state index in [1.807, 2.05) is 13.8 Å². The first-order valence-electron chi connectivity index (χ1n) is 5.73. The highest BCUT2D eigenvalue weighted by atomic mass is 16.4. The van der Waals surface area contributed by atoms with Gasteiger partial charge in [0.25, 0.3) is 0 Å². The second kappa shape index (κ2) is 5.24. The smallest absolute Gasteiger partial charge is 0.323 e.